The topological polar surface area (TPSA) is 43.4 Å². The van der Waals surface area contributed by atoms with Gasteiger partial charge in [0.1, 0.15) is 0 Å². The van der Waals surface area contributed by atoms with Gasteiger partial charge in [-0.05, 0) is 6.92 Å². The SMILES string of the molecule is CCOCCS(=O)(=O)Br. The third kappa shape index (κ3) is 8.39. The highest BCUT2D eigenvalue weighted by atomic mass is 79.9. The molecular weight excluding hydrogens is 208 g/mol. The van der Waals surface area contributed by atoms with E-state index in [1.165, 1.54) is 0 Å². The summed E-state index contributed by atoms with van der Waals surface area (Å²) in [4.78, 5) is 0. The fraction of sp³-hybridized carbons (Fsp3) is 1.00. The van der Waals surface area contributed by atoms with E-state index in [0.29, 0.717) is 6.61 Å². The second kappa shape index (κ2) is 4.24. The summed E-state index contributed by atoms with van der Waals surface area (Å²) >= 11 is 2.50. The Morgan fingerprint density at radius 3 is 2.44 bits per heavy atom. The first-order chi connectivity index (χ1) is 4.06. The lowest BCUT2D eigenvalue weighted by atomic mass is 10.8. The maximum Gasteiger partial charge on any atom is 0.211 e. The maximum atomic E-state index is 10.3. The van der Waals surface area contributed by atoms with Gasteiger partial charge in [-0.15, -0.1) is 0 Å². The van der Waals surface area contributed by atoms with Crippen LogP contribution in [0.5, 0.6) is 0 Å². The molecule has 0 N–H and O–H groups in total. The molecule has 0 fully saturated rings. The van der Waals surface area contributed by atoms with E-state index >= 15 is 0 Å². The van der Waals surface area contributed by atoms with Crippen LogP contribution in [-0.4, -0.2) is 27.4 Å². The second-order valence-electron chi connectivity index (χ2n) is 1.44. The Bertz CT molecular complexity index is 151. The third-order valence-electron chi connectivity index (χ3n) is 0.676. The zero-order valence-corrected chi connectivity index (χ0v) is 7.53. The smallest absolute Gasteiger partial charge is 0.211 e. The van der Waals surface area contributed by atoms with Crippen LogP contribution >= 0.6 is 14.8 Å². The Hall–Kier alpha value is 0.390. The minimum Gasteiger partial charge on any atom is -0.381 e. The van der Waals surface area contributed by atoms with Gasteiger partial charge < -0.3 is 4.74 Å². The number of ether oxygens (including phenoxy) is 1. The van der Waals surface area contributed by atoms with Gasteiger partial charge in [-0.3, -0.25) is 0 Å². The molecule has 0 aliphatic rings. The van der Waals surface area contributed by atoms with Crippen LogP contribution in [0.1, 0.15) is 6.92 Å². The van der Waals surface area contributed by atoms with Crippen molar-refractivity contribution in [2.24, 2.45) is 0 Å². The van der Waals surface area contributed by atoms with Crippen LogP contribution in [-0.2, 0) is 13.0 Å². The molecule has 0 atom stereocenters. The van der Waals surface area contributed by atoms with Crippen molar-refractivity contribution < 1.29 is 13.2 Å². The Morgan fingerprint density at radius 1 is 1.56 bits per heavy atom. The van der Waals surface area contributed by atoms with Crippen LogP contribution in [0.3, 0.4) is 0 Å². The summed E-state index contributed by atoms with van der Waals surface area (Å²) in [6, 6.07) is 0. The summed E-state index contributed by atoms with van der Waals surface area (Å²) in [5.74, 6) is 0.0425. The highest BCUT2D eigenvalue weighted by molar-refractivity contribution is 9.47. The highest BCUT2D eigenvalue weighted by Gasteiger charge is 2.01. The van der Waals surface area contributed by atoms with Crippen LogP contribution < -0.4 is 0 Å². The molecule has 0 rings (SSSR count). The van der Waals surface area contributed by atoms with Gasteiger partial charge in [0.2, 0.25) is 8.27 Å². The van der Waals surface area contributed by atoms with Gasteiger partial charge in [-0.25, -0.2) is 8.42 Å². The van der Waals surface area contributed by atoms with Gasteiger partial charge in [0, 0.05) is 6.61 Å². The van der Waals surface area contributed by atoms with Crippen molar-refractivity contribution >= 4 is 23.1 Å². The summed E-state index contributed by atoms with van der Waals surface area (Å²) in [5, 5.41) is 0. The van der Waals surface area contributed by atoms with Gasteiger partial charge in [-0.2, -0.15) is 0 Å². The normalized spacial score (nSPS) is 11.8. The lowest BCUT2D eigenvalue weighted by Gasteiger charge is -1.95. The molecule has 0 aliphatic heterocycles. The summed E-state index contributed by atoms with van der Waals surface area (Å²) in [7, 11) is -3.01. The molecule has 0 unspecified atom stereocenters. The van der Waals surface area contributed by atoms with Gasteiger partial charge in [-0.1, -0.05) is 0 Å². The molecule has 0 heterocycles. The first kappa shape index (κ1) is 9.39. The van der Waals surface area contributed by atoms with E-state index in [9.17, 15) is 8.42 Å². The first-order valence-electron chi connectivity index (χ1n) is 2.56. The molecule has 0 bridgehead atoms. The molecule has 0 aliphatic carbocycles. The van der Waals surface area contributed by atoms with Crippen LogP contribution in [0.2, 0.25) is 0 Å². The average Bonchev–Trinajstić information content (AvgIpc) is 1.63. The maximum absolute atomic E-state index is 10.3. The monoisotopic (exact) mass is 216 g/mol. The van der Waals surface area contributed by atoms with Crippen molar-refractivity contribution in [3.8, 4) is 0 Å². The molecule has 0 saturated heterocycles. The van der Waals surface area contributed by atoms with Gasteiger partial charge in [0.15, 0.2) is 0 Å². The largest absolute Gasteiger partial charge is 0.381 e. The van der Waals surface area contributed by atoms with Crippen LogP contribution in [0.15, 0.2) is 0 Å². The van der Waals surface area contributed by atoms with E-state index in [1.807, 2.05) is 6.92 Å². The Balaban J connectivity index is 3.30. The van der Waals surface area contributed by atoms with Crippen LogP contribution in [0.25, 0.3) is 0 Å². The quantitative estimate of drug-likeness (QED) is 0.515. The van der Waals surface area contributed by atoms with Crippen molar-refractivity contribution in [3.05, 3.63) is 0 Å². The molecule has 9 heavy (non-hydrogen) atoms. The van der Waals surface area contributed by atoms with Crippen molar-refractivity contribution in [2.75, 3.05) is 19.0 Å². The molecule has 56 valence electrons. The Kier molecular flexibility index (Phi) is 4.43. The van der Waals surface area contributed by atoms with Gasteiger partial charge in [0.25, 0.3) is 0 Å². The number of rotatable bonds is 4. The molecule has 0 saturated carbocycles. The minimum atomic E-state index is -3.01. The van der Waals surface area contributed by atoms with Crippen LogP contribution in [0, 0.1) is 0 Å². The van der Waals surface area contributed by atoms with Crippen molar-refractivity contribution in [3.63, 3.8) is 0 Å². The fourth-order valence-corrected chi connectivity index (χ4v) is 1.02. The molecule has 3 nitrogen and oxygen atoms in total. The Labute approximate surface area is 62.5 Å². The standard InChI is InChI=1S/C4H9BrO3S/c1-2-8-3-4-9(5,6)7/h2-4H2,1H3. The van der Waals surface area contributed by atoms with Crippen molar-refractivity contribution in [1.82, 2.24) is 0 Å². The zero-order chi connectivity index (χ0) is 7.33. The third-order valence-corrected chi connectivity index (χ3v) is 2.30. The molecule has 0 amide bonds. The van der Waals surface area contributed by atoms with E-state index in [2.05, 4.69) is 14.8 Å². The summed E-state index contributed by atoms with van der Waals surface area (Å²) < 4.78 is 25.5. The predicted molar refractivity (Wildman–Crippen MR) is 39.2 cm³/mol. The summed E-state index contributed by atoms with van der Waals surface area (Å²) in [5.41, 5.74) is 0. The van der Waals surface area contributed by atoms with E-state index in [1.54, 1.807) is 0 Å². The van der Waals surface area contributed by atoms with E-state index in [4.69, 9.17) is 4.74 Å². The van der Waals surface area contributed by atoms with E-state index < -0.39 is 8.27 Å². The number of hydrogen-bond donors (Lipinski definition) is 0. The highest BCUT2D eigenvalue weighted by Crippen LogP contribution is 1.98. The van der Waals surface area contributed by atoms with E-state index in [0.717, 1.165) is 0 Å². The summed E-state index contributed by atoms with van der Waals surface area (Å²) in [6.07, 6.45) is 0. The molecule has 0 aromatic carbocycles. The zero-order valence-electron chi connectivity index (χ0n) is 5.13. The average molecular weight is 217 g/mol. The minimum absolute atomic E-state index is 0.0425. The lowest BCUT2D eigenvalue weighted by Crippen LogP contribution is -2.05. The lowest BCUT2D eigenvalue weighted by molar-refractivity contribution is 0.163. The first-order valence-corrected chi connectivity index (χ1v) is 6.06. The molecule has 0 radical (unpaired) electrons. The molecule has 0 aromatic rings. The van der Waals surface area contributed by atoms with Crippen molar-refractivity contribution in [1.29, 1.82) is 0 Å². The van der Waals surface area contributed by atoms with Gasteiger partial charge in [0.05, 0.1) is 27.2 Å². The Morgan fingerprint density at radius 2 is 2.11 bits per heavy atom. The molecule has 5 heteroatoms. The molecule has 0 aromatic heterocycles. The number of hydrogen-bond acceptors (Lipinski definition) is 3. The second-order valence-corrected chi connectivity index (χ2v) is 5.89. The van der Waals surface area contributed by atoms with Gasteiger partial charge >= 0.3 is 0 Å². The van der Waals surface area contributed by atoms with Crippen molar-refractivity contribution in [2.45, 2.75) is 6.92 Å². The summed E-state index contributed by atoms with van der Waals surface area (Å²) in [6.45, 7) is 2.65. The number of halogens is 1. The molecule has 0 spiro atoms. The fourth-order valence-electron chi connectivity index (χ4n) is 0.303. The van der Waals surface area contributed by atoms with Crippen LogP contribution in [0.4, 0.5) is 0 Å². The molecular formula is C4H9BrO3S. The van der Waals surface area contributed by atoms with E-state index in [-0.39, 0.29) is 12.4 Å². The predicted octanol–water partition coefficient (Wildman–Crippen LogP) is 0.748.